The van der Waals surface area contributed by atoms with E-state index in [9.17, 15) is 35.1 Å². The third-order valence-corrected chi connectivity index (χ3v) is 3.89. The number of nitrogens with zero attached hydrogens (tertiary/aromatic N) is 3. The molecule has 1 unspecified atom stereocenters. The average molecular weight is 372 g/mol. The molecule has 144 valence electrons. The molecule has 4 atom stereocenters. The molecule has 2 aliphatic heterocycles. The first-order chi connectivity index (χ1) is 12.2. The van der Waals surface area contributed by atoms with E-state index in [1.807, 2.05) is 4.98 Å². The zero-order valence-corrected chi connectivity index (χ0v) is 13.8. The highest BCUT2D eigenvalue weighted by Crippen LogP contribution is 2.23. The minimum atomic E-state index is -1.76. The fourth-order valence-corrected chi connectivity index (χ4v) is 2.61. The van der Waals surface area contributed by atoms with Gasteiger partial charge in [-0.2, -0.15) is 4.98 Å². The zero-order chi connectivity index (χ0) is 19.6. The van der Waals surface area contributed by atoms with Crippen LogP contribution in [0.25, 0.3) is 11.5 Å². The van der Waals surface area contributed by atoms with Crippen LogP contribution >= 0.6 is 0 Å². The summed E-state index contributed by atoms with van der Waals surface area (Å²) in [6, 6.07) is 0. The Morgan fingerprint density at radius 1 is 1.04 bits per heavy atom. The van der Waals surface area contributed by atoms with Crippen molar-refractivity contribution in [2.45, 2.75) is 37.9 Å². The van der Waals surface area contributed by atoms with Crippen LogP contribution in [-0.2, 0) is 6.54 Å². The Balaban J connectivity index is 2.67. The Kier molecular flexibility index (Phi) is 6.17. The smallest absolute Gasteiger partial charge is 0.349 e. The molecular formula is C14H20N4O8. The molecule has 0 saturated heterocycles. The number of aromatic nitrogens is 4. The number of aromatic amines is 1. The predicted octanol–water partition coefficient (Wildman–Crippen LogP) is -4.16. The van der Waals surface area contributed by atoms with Gasteiger partial charge in [-0.3, -0.25) is 9.78 Å². The Morgan fingerprint density at radius 2 is 1.69 bits per heavy atom. The quantitative estimate of drug-likeness (QED) is 0.250. The highest BCUT2D eigenvalue weighted by molar-refractivity contribution is 5.51. The van der Waals surface area contributed by atoms with Gasteiger partial charge in [-0.05, 0) is 6.92 Å². The summed E-state index contributed by atoms with van der Waals surface area (Å²) in [5, 5.41) is 57.6. The van der Waals surface area contributed by atoms with Gasteiger partial charge in [-0.25, -0.2) is 9.78 Å². The van der Waals surface area contributed by atoms with Crippen LogP contribution in [-0.4, -0.2) is 81.7 Å². The van der Waals surface area contributed by atoms with Crippen LogP contribution in [0.4, 0.5) is 0 Å². The summed E-state index contributed by atoms with van der Waals surface area (Å²) in [6.45, 7) is -0.617. The Morgan fingerprint density at radius 3 is 2.27 bits per heavy atom. The van der Waals surface area contributed by atoms with E-state index < -0.39 is 55.4 Å². The summed E-state index contributed by atoms with van der Waals surface area (Å²) < 4.78 is 1.06. The normalized spacial score (nSPS) is 16.4. The molecule has 0 spiro atoms. The van der Waals surface area contributed by atoms with Crippen LogP contribution in [0.5, 0.6) is 0 Å². The lowest BCUT2D eigenvalue weighted by Gasteiger charge is -2.27. The van der Waals surface area contributed by atoms with E-state index in [2.05, 4.69) is 9.97 Å². The number of aliphatic hydroxyl groups is 6. The highest BCUT2D eigenvalue weighted by Gasteiger charge is 2.29. The molecule has 0 aromatic rings. The molecule has 2 aliphatic rings. The second-order valence-corrected chi connectivity index (χ2v) is 5.74. The maximum atomic E-state index is 12.0. The van der Waals surface area contributed by atoms with Crippen molar-refractivity contribution in [3.05, 3.63) is 32.2 Å². The van der Waals surface area contributed by atoms with E-state index in [-0.39, 0.29) is 22.9 Å². The number of H-pyrrole nitrogens is 1. The lowest BCUT2D eigenvalue weighted by atomic mass is 10.1. The number of nitrogens with one attached hydrogen (secondary N) is 1. The standard InChI is InChI=1S/C14H20N4O8/c1-5-10(7(22)3-19)18(2-6(21)11(24)8(23)4-20)12-9(15-5)13(25)17-14(26)16-12/h6-8,11,19-24H,2-4H2,1H3,(H,17,25,26)/t6-,7?,8+,11-/m0/s1. The first-order valence-electron chi connectivity index (χ1n) is 7.66. The average Bonchev–Trinajstić information content (AvgIpc) is 2.60. The van der Waals surface area contributed by atoms with Gasteiger partial charge in [-0.15, -0.1) is 0 Å². The van der Waals surface area contributed by atoms with E-state index in [4.69, 9.17) is 5.11 Å². The summed E-state index contributed by atoms with van der Waals surface area (Å²) in [5.41, 5.74) is -2.00. The molecule has 0 fully saturated rings. The molecule has 0 amide bonds. The van der Waals surface area contributed by atoms with E-state index >= 15 is 0 Å². The van der Waals surface area contributed by atoms with Crippen LogP contribution in [0, 0.1) is 6.92 Å². The summed E-state index contributed by atoms with van der Waals surface area (Å²) in [4.78, 5) is 33.1. The number of aliphatic hydroxyl groups excluding tert-OH is 6. The van der Waals surface area contributed by atoms with Crippen molar-refractivity contribution >= 4 is 0 Å². The van der Waals surface area contributed by atoms with Crippen LogP contribution < -0.4 is 11.2 Å². The van der Waals surface area contributed by atoms with Crippen molar-refractivity contribution in [1.29, 1.82) is 0 Å². The largest absolute Gasteiger partial charge is 0.394 e. The Hall–Kier alpha value is -2.22. The van der Waals surface area contributed by atoms with Crippen LogP contribution in [0.15, 0.2) is 9.59 Å². The van der Waals surface area contributed by atoms with Crippen LogP contribution in [0.2, 0.25) is 0 Å². The van der Waals surface area contributed by atoms with E-state index in [0.717, 1.165) is 4.57 Å². The van der Waals surface area contributed by atoms with Crippen molar-refractivity contribution in [1.82, 2.24) is 19.5 Å². The number of rotatable bonds is 7. The Bertz CT molecular complexity index is 850. The highest BCUT2D eigenvalue weighted by atomic mass is 16.4. The van der Waals surface area contributed by atoms with E-state index in [0.29, 0.717) is 0 Å². The van der Waals surface area contributed by atoms with Gasteiger partial charge in [0.25, 0.3) is 5.56 Å². The molecule has 0 saturated carbocycles. The van der Waals surface area contributed by atoms with Gasteiger partial charge in [0.1, 0.15) is 24.4 Å². The molecule has 0 aromatic heterocycles. The lowest BCUT2D eigenvalue weighted by molar-refractivity contribution is -0.0812. The van der Waals surface area contributed by atoms with Crippen molar-refractivity contribution in [2.75, 3.05) is 13.2 Å². The van der Waals surface area contributed by atoms with Crippen molar-refractivity contribution < 1.29 is 30.6 Å². The zero-order valence-electron chi connectivity index (χ0n) is 13.8. The minimum Gasteiger partial charge on any atom is -0.394 e. The second kappa shape index (κ2) is 7.99. The molecule has 0 aromatic carbocycles. The molecule has 0 radical (unpaired) electrons. The molecule has 0 aliphatic carbocycles. The molecule has 2 heterocycles. The van der Waals surface area contributed by atoms with Gasteiger partial charge >= 0.3 is 5.69 Å². The third-order valence-electron chi connectivity index (χ3n) is 3.89. The number of hydrogen-bond acceptors (Lipinski definition) is 10. The summed E-state index contributed by atoms with van der Waals surface area (Å²) in [6.07, 6.45) is -6.54. The molecule has 2 rings (SSSR count). The topological polar surface area (TPSA) is 202 Å². The number of aryl methyl sites for hydroxylation is 1. The fraction of sp³-hybridized carbons (Fsp3) is 0.571. The SMILES string of the molecule is Cc1nc2c(=O)[nH]c(=O)nc-2n(C[C@H](O)[C@H](O)[C@H](O)CO)c1C(O)CO. The summed E-state index contributed by atoms with van der Waals surface area (Å²) in [7, 11) is 0. The molecule has 0 bridgehead atoms. The molecule has 26 heavy (non-hydrogen) atoms. The van der Waals surface area contributed by atoms with Crippen molar-refractivity contribution in [2.24, 2.45) is 0 Å². The lowest BCUT2D eigenvalue weighted by Crippen LogP contribution is -2.43. The fourth-order valence-electron chi connectivity index (χ4n) is 2.61. The van der Waals surface area contributed by atoms with Crippen molar-refractivity contribution in [3.63, 3.8) is 0 Å². The van der Waals surface area contributed by atoms with E-state index in [1.54, 1.807) is 0 Å². The first-order valence-corrected chi connectivity index (χ1v) is 7.66. The monoisotopic (exact) mass is 372 g/mol. The van der Waals surface area contributed by atoms with Crippen LogP contribution in [0.3, 0.4) is 0 Å². The predicted molar refractivity (Wildman–Crippen MR) is 85.4 cm³/mol. The van der Waals surface area contributed by atoms with E-state index in [1.165, 1.54) is 6.92 Å². The number of fused-ring (bicyclic) bond motifs is 1. The van der Waals surface area contributed by atoms with Gasteiger partial charge in [0.15, 0.2) is 11.5 Å². The molecule has 12 nitrogen and oxygen atoms in total. The molecule has 12 heteroatoms. The van der Waals surface area contributed by atoms with Gasteiger partial charge < -0.3 is 35.2 Å². The van der Waals surface area contributed by atoms with Gasteiger partial charge in [-0.1, -0.05) is 0 Å². The van der Waals surface area contributed by atoms with Crippen LogP contribution in [0.1, 0.15) is 17.5 Å². The molecular weight excluding hydrogens is 352 g/mol. The second-order valence-electron chi connectivity index (χ2n) is 5.74. The van der Waals surface area contributed by atoms with Crippen molar-refractivity contribution in [3.8, 4) is 11.5 Å². The summed E-state index contributed by atoms with van der Waals surface area (Å²) in [5.74, 6) is -0.281. The maximum Gasteiger partial charge on any atom is 0.349 e. The third kappa shape index (κ3) is 3.80. The van der Waals surface area contributed by atoms with Gasteiger partial charge in [0, 0.05) is 0 Å². The van der Waals surface area contributed by atoms with Gasteiger partial charge in [0.05, 0.1) is 31.1 Å². The molecule has 7 N–H and O–H groups in total. The Labute approximate surface area is 146 Å². The maximum absolute atomic E-state index is 12.0. The van der Waals surface area contributed by atoms with Gasteiger partial charge in [0.2, 0.25) is 0 Å². The minimum absolute atomic E-state index is 0.0396. The number of hydrogen-bond donors (Lipinski definition) is 7. The first kappa shape index (κ1) is 20.1. The summed E-state index contributed by atoms with van der Waals surface area (Å²) >= 11 is 0.